The van der Waals surface area contributed by atoms with E-state index in [2.05, 4.69) is 39.2 Å². The van der Waals surface area contributed by atoms with E-state index in [1.807, 2.05) is 4.57 Å². The zero-order chi connectivity index (χ0) is 12.7. The van der Waals surface area contributed by atoms with Crippen LogP contribution >= 0.6 is 11.3 Å². The number of thiophene rings is 1. The number of fused-ring (bicyclic) bond motifs is 2. The van der Waals surface area contributed by atoms with Crippen molar-refractivity contribution in [1.82, 2.24) is 20.1 Å². The molecule has 0 bridgehead atoms. The zero-order valence-electron chi connectivity index (χ0n) is 10.5. The first kappa shape index (κ1) is 11.1. The lowest BCUT2D eigenvalue weighted by Crippen LogP contribution is -2.24. The second-order valence-corrected chi connectivity index (χ2v) is 5.75. The van der Waals surface area contributed by atoms with Crippen molar-refractivity contribution in [3.05, 3.63) is 39.6 Å². The molecule has 0 amide bonds. The standard InChI is InChI=1S/C14H14N4S/c1-5-15-6-2-10(1)13-11-4-8-19-12(11)3-7-18-9-16-17-14(13)18/h3-4,7-9,15H,1-2,5-6H2. The van der Waals surface area contributed by atoms with Gasteiger partial charge in [0, 0.05) is 22.2 Å². The molecule has 2 aromatic heterocycles. The molecule has 96 valence electrons. The van der Waals surface area contributed by atoms with Crippen molar-refractivity contribution in [3.63, 3.8) is 0 Å². The first-order chi connectivity index (χ1) is 9.43. The van der Waals surface area contributed by atoms with Crippen molar-refractivity contribution in [2.45, 2.75) is 12.8 Å². The van der Waals surface area contributed by atoms with Crippen LogP contribution in [0.2, 0.25) is 0 Å². The van der Waals surface area contributed by atoms with Crippen LogP contribution in [0, 0.1) is 0 Å². The van der Waals surface area contributed by atoms with Gasteiger partial charge in [-0.15, -0.1) is 21.5 Å². The van der Waals surface area contributed by atoms with Gasteiger partial charge in [-0.25, -0.2) is 0 Å². The Morgan fingerprint density at radius 2 is 2.16 bits per heavy atom. The Hall–Kier alpha value is -1.72. The van der Waals surface area contributed by atoms with Crippen LogP contribution in [-0.2, 0) is 0 Å². The summed E-state index contributed by atoms with van der Waals surface area (Å²) in [5.74, 6) is 0.977. The van der Waals surface area contributed by atoms with Gasteiger partial charge in [-0.1, -0.05) is 5.57 Å². The van der Waals surface area contributed by atoms with E-state index in [0.717, 1.165) is 31.8 Å². The third-order valence-electron chi connectivity index (χ3n) is 3.71. The van der Waals surface area contributed by atoms with Crippen LogP contribution in [0.15, 0.2) is 23.3 Å². The SMILES string of the molecule is C1=Cn2cnnc2C(=C2CCNCC2)c2ccsc21. The summed E-state index contributed by atoms with van der Waals surface area (Å²) in [6.45, 7) is 2.11. The molecule has 5 heteroatoms. The normalized spacial score (nSPS) is 18.1. The summed E-state index contributed by atoms with van der Waals surface area (Å²) >= 11 is 1.78. The molecule has 0 spiro atoms. The van der Waals surface area contributed by atoms with Crippen LogP contribution in [-0.4, -0.2) is 27.9 Å². The number of nitrogens with one attached hydrogen (secondary N) is 1. The summed E-state index contributed by atoms with van der Waals surface area (Å²) < 4.78 is 2.02. The number of hydrogen-bond donors (Lipinski definition) is 1. The molecule has 0 aliphatic carbocycles. The minimum atomic E-state index is 0.977. The molecule has 19 heavy (non-hydrogen) atoms. The van der Waals surface area contributed by atoms with E-state index in [4.69, 9.17) is 0 Å². The van der Waals surface area contributed by atoms with Crippen molar-refractivity contribution in [2.75, 3.05) is 13.1 Å². The Kier molecular flexibility index (Phi) is 2.60. The van der Waals surface area contributed by atoms with Gasteiger partial charge in [-0.05, 0) is 43.5 Å². The van der Waals surface area contributed by atoms with E-state index in [1.165, 1.54) is 21.6 Å². The third kappa shape index (κ3) is 1.77. The van der Waals surface area contributed by atoms with E-state index in [0.29, 0.717) is 0 Å². The average molecular weight is 270 g/mol. The van der Waals surface area contributed by atoms with Gasteiger partial charge >= 0.3 is 0 Å². The molecule has 0 aromatic carbocycles. The van der Waals surface area contributed by atoms with Gasteiger partial charge < -0.3 is 5.32 Å². The van der Waals surface area contributed by atoms with Gasteiger partial charge in [-0.3, -0.25) is 4.57 Å². The molecule has 2 aliphatic rings. The summed E-state index contributed by atoms with van der Waals surface area (Å²) in [5.41, 5.74) is 4.10. The lowest BCUT2D eigenvalue weighted by molar-refractivity contribution is 0.611. The Bertz CT molecular complexity index is 623. The quantitative estimate of drug-likeness (QED) is 0.682. The number of piperidine rings is 1. The molecule has 4 nitrogen and oxygen atoms in total. The highest BCUT2D eigenvalue weighted by Gasteiger charge is 2.22. The van der Waals surface area contributed by atoms with Gasteiger partial charge in [0.25, 0.3) is 0 Å². The van der Waals surface area contributed by atoms with Crippen LogP contribution < -0.4 is 5.32 Å². The van der Waals surface area contributed by atoms with Gasteiger partial charge in [-0.2, -0.15) is 0 Å². The Balaban J connectivity index is 1.98. The van der Waals surface area contributed by atoms with E-state index in [9.17, 15) is 0 Å². The molecule has 2 aliphatic heterocycles. The van der Waals surface area contributed by atoms with E-state index < -0.39 is 0 Å². The Morgan fingerprint density at radius 3 is 3.05 bits per heavy atom. The zero-order valence-corrected chi connectivity index (χ0v) is 11.3. The minimum Gasteiger partial charge on any atom is -0.316 e. The molecule has 4 rings (SSSR count). The fourth-order valence-electron chi connectivity index (χ4n) is 2.78. The second-order valence-electron chi connectivity index (χ2n) is 4.80. The van der Waals surface area contributed by atoms with Crippen LogP contribution in [0.25, 0.3) is 17.8 Å². The molecule has 0 unspecified atom stereocenters. The van der Waals surface area contributed by atoms with E-state index in [1.54, 1.807) is 17.7 Å². The topological polar surface area (TPSA) is 42.7 Å². The van der Waals surface area contributed by atoms with Gasteiger partial charge in [0.05, 0.1) is 0 Å². The van der Waals surface area contributed by atoms with E-state index >= 15 is 0 Å². The molecule has 4 heterocycles. The van der Waals surface area contributed by atoms with Crippen molar-refractivity contribution in [3.8, 4) is 0 Å². The number of rotatable bonds is 0. The minimum absolute atomic E-state index is 0.977. The molecule has 0 atom stereocenters. The summed E-state index contributed by atoms with van der Waals surface area (Å²) in [6.07, 6.45) is 8.18. The number of hydrogen-bond acceptors (Lipinski definition) is 4. The van der Waals surface area contributed by atoms with Crippen LogP contribution in [0.4, 0.5) is 0 Å². The average Bonchev–Trinajstić information content (AvgIpc) is 3.07. The van der Waals surface area contributed by atoms with Gasteiger partial charge in [0.15, 0.2) is 5.82 Å². The maximum Gasteiger partial charge on any atom is 0.168 e. The second kappa shape index (κ2) is 4.43. The smallest absolute Gasteiger partial charge is 0.168 e. The molecule has 0 saturated carbocycles. The molecule has 1 saturated heterocycles. The summed E-state index contributed by atoms with van der Waals surface area (Å²) in [6, 6.07) is 2.21. The Morgan fingerprint density at radius 1 is 1.26 bits per heavy atom. The lowest BCUT2D eigenvalue weighted by Gasteiger charge is -2.19. The van der Waals surface area contributed by atoms with Crippen LogP contribution in [0.5, 0.6) is 0 Å². The van der Waals surface area contributed by atoms with Gasteiger partial charge in [0.1, 0.15) is 6.33 Å². The Labute approximate surface area is 115 Å². The first-order valence-corrected chi connectivity index (χ1v) is 7.40. The third-order valence-corrected chi connectivity index (χ3v) is 4.59. The molecule has 0 radical (unpaired) electrons. The summed E-state index contributed by atoms with van der Waals surface area (Å²) in [5, 5.41) is 14.0. The van der Waals surface area contributed by atoms with Crippen LogP contribution in [0.1, 0.15) is 29.1 Å². The predicted octanol–water partition coefficient (Wildman–Crippen LogP) is 2.47. The monoisotopic (exact) mass is 270 g/mol. The highest BCUT2D eigenvalue weighted by atomic mass is 32.1. The predicted molar refractivity (Wildman–Crippen MR) is 77.7 cm³/mol. The lowest BCUT2D eigenvalue weighted by atomic mass is 9.93. The molecular weight excluding hydrogens is 256 g/mol. The summed E-state index contributed by atoms with van der Waals surface area (Å²) in [7, 11) is 0. The fraction of sp³-hybridized carbons (Fsp3) is 0.286. The largest absolute Gasteiger partial charge is 0.316 e. The maximum absolute atomic E-state index is 4.34. The highest BCUT2D eigenvalue weighted by Crippen LogP contribution is 2.36. The maximum atomic E-state index is 4.34. The van der Waals surface area contributed by atoms with Gasteiger partial charge in [0.2, 0.25) is 0 Å². The number of aromatic nitrogens is 3. The summed E-state index contributed by atoms with van der Waals surface area (Å²) in [4.78, 5) is 1.31. The molecule has 2 aromatic rings. The first-order valence-electron chi connectivity index (χ1n) is 6.52. The van der Waals surface area contributed by atoms with Crippen molar-refractivity contribution >= 4 is 29.2 Å². The van der Waals surface area contributed by atoms with Crippen molar-refractivity contribution < 1.29 is 0 Å². The molecule has 1 fully saturated rings. The fourth-order valence-corrected chi connectivity index (χ4v) is 3.57. The molecule has 1 N–H and O–H groups in total. The highest BCUT2D eigenvalue weighted by molar-refractivity contribution is 7.11. The van der Waals surface area contributed by atoms with Crippen LogP contribution in [0.3, 0.4) is 0 Å². The van der Waals surface area contributed by atoms with Crippen molar-refractivity contribution in [2.24, 2.45) is 0 Å². The van der Waals surface area contributed by atoms with E-state index in [-0.39, 0.29) is 0 Å². The number of nitrogens with zero attached hydrogens (tertiary/aromatic N) is 3. The van der Waals surface area contributed by atoms with Crippen molar-refractivity contribution in [1.29, 1.82) is 0 Å². The molecular formula is C14H14N4S.